The Bertz CT molecular complexity index is 353. The van der Waals surface area contributed by atoms with Gasteiger partial charge in [0, 0.05) is 6.20 Å². The molecule has 1 aliphatic rings. The molecule has 60 valence electrons. The Kier molecular flexibility index (Phi) is 1.42. The van der Waals surface area contributed by atoms with E-state index >= 15 is 0 Å². The number of aromatic nitrogens is 1. The van der Waals surface area contributed by atoms with Gasteiger partial charge in [-0.15, -0.1) is 6.42 Å². The normalized spacial score (nSPS) is 26.3. The van der Waals surface area contributed by atoms with E-state index in [-0.39, 0.29) is 0 Å². The highest BCUT2D eigenvalue weighted by Crippen LogP contribution is 2.33. The van der Waals surface area contributed by atoms with Gasteiger partial charge in [0.05, 0.1) is 5.69 Å². The highest BCUT2D eigenvalue weighted by atomic mass is 16.3. The maximum Gasteiger partial charge on any atom is 0.167 e. The second-order valence-electron chi connectivity index (χ2n) is 3.02. The van der Waals surface area contributed by atoms with Crippen molar-refractivity contribution in [1.82, 2.24) is 4.98 Å². The summed E-state index contributed by atoms with van der Waals surface area (Å²) in [6, 6.07) is 3.82. The summed E-state index contributed by atoms with van der Waals surface area (Å²) in [6.07, 6.45) is 8.32. The Balaban J connectivity index is 2.58. The van der Waals surface area contributed by atoms with E-state index in [0.29, 0.717) is 12.1 Å². The molecule has 1 aromatic rings. The van der Waals surface area contributed by atoms with Gasteiger partial charge in [-0.2, -0.15) is 0 Å². The molecule has 0 unspecified atom stereocenters. The minimum absolute atomic E-state index is 0.593. The Labute approximate surface area is 71.3 Å². The molecule has 12 heavy (non-hydrogen) atoms. The molecule has 2 heteroatoms. The van der Waals surface area contributed by atoms with E-state index < -0.39 is 5.60 Å². The summed E-state index contributed by atoms with van der Waals surface area (Å²) in [5, 5.41) is 9.85. The predicted octanol–water partition coefficient (Wildman–Crippen LogP) is 0.849. The highest BCUT2D eigenvalue weighted by Gasteiger charge is 2.35. The smallest absolute Gasteiger partial charge is 0.167 e. The molecule has 1 heterocycles. The summed E-state index contributed by atoms with van der Waals surface area (Å²) in [5.41, 5.74) is 0.613. The van der Waals surface area contributed by atoms with E-state index in [9.17, 15) is 5.11 Å². The van der Waals surface area contributed by atoms with E-state index in [4.69, 9.17) is 6.42 Å². The van der Waals surface area contributed by atoms with Crippen LogP contribution < -0.4 is 0 Å². The first kappa shape index (κ1) is 7.33. The van der Waals surface area contributed by atoms with Crippen molar-refractivity contribution in [2.24, 2.45) is 0 Å². The van der Waals surface area contributed by atoms with Gasteiger partial charge in [-0.05, 0) is 24.5 Å². The van der Waals surface area contributed by atoms with Crippen LogP contribution in [0, 0.1) is 12.3 Å². The molecule has 1 atom stereocenters. The molecule has 0 amide bonds. The SMILES string of the molecule is C#C[C@]1(O)CCc2cccnc21. The van der Waals surface area contributed by atoms with Gasteiger partial charge in [-0.25, -0.2) is 0 Å². The van der Waals surface area contributed by atoms with Crippen LogP contribution in [0.15, 0.2) is 18.3 Å². The van der Waals surface area contributed by atoms with Gasteiger partial charge in [0.15, 0.2) is 5.60 Å². The average Bonchev–Trinajstić information content (AvgIpc) is 2.46. The molecule has 0 bridgehead atoms. The molecule has 0 aliphatic heterocycles. The minimum atomic E-state index is -1.11. The third-order valence-electron chi connectivity index (χ3n) is 2.28. The van der Waals surface area contributed by atoms with Crippen LogP contribution in [-0.4, -0.2) is 10.1 Å². The number of hydrogen-bond acceptors (Lipinski definition) is 2. The van der Waals surface area contributed by atoms with Crippen LogP contribution in [-0.2, 0) is 12.0 Å². The molecule has 1 N–H and O–H groups in total. The zero-order chi connectivity index (χ0) is 8.60. The summed E-state index contributed by atoms with van der Waals surface area (Å²) in [7, 11) is 0. The van der Waals surface area contributed by atoms with E-state index in [2.05, 4.69) is 10.9 Å². The first-order valence-electron chi connectivity index (χ1n) is 3.91. The maximum atomic E-state index is 9.85. The Morgan fingerprint density at radius 2 is 2.50 bits per heavy atom. The maximum absolute atomic E-state index is 9.85. The summed E-state index contributed by atoms with van der Waals surface area (Å²) >= 11 is 0. The Morgan fingerprint density at radius 1 is 1.67 bits per heavy atom. The fourth-order valence-electron chi connectivity index (χ4n) is 1.59. The fraction of sp³-hybridized carbons (Fsp3) is 0.300. The zero-order valence-corrected chi connectivity index (χ0v) is 6.62. The van der Waals surface area contributed by atoms with Crippen molar-refractivity contribution in [3.05, 3.63) is 29.6 Å². The molecule has 1 aromatic heterocycles. The van der Waals surface area contributed by atoms with Gasteiger partial charge in [-0.1, -0.05) is 12.0 Å². The molecule has 0 aromatic carbocycles. The Morgan fingerprint density at radius 3 is 3.25 bits per heavy atom. The number of terminal acetylenes is 1. The first-order valence-corrected chi connectivity index (χ1v) is 3.91. The zero-order valence-electron chi connectivity index (χ0n) is 6.62. The lowest BCUT2D eigenvalue weighted by molar-refractivity contribution is 0.0984. The van der Waals surface area contributed by atoms with Crippen molar-refractivity contribution in [1.29, 1.82) is 0 Å². The predicted molar refractivity (Wildman–Crippen MR) is 45.3 cm³/mol. The second-order valence-corrected chi connectivity index (χ2v) is 3.02. The molecule has 0 saturated heterocycles. The van der Waals surface area contributed by atoms with Crippen LogP contribution >= 0.6 is 0 Å². The van der Waals surface area contributed by atoms with Gasteiger partial charge < -0.3 is 5.11 Å². The van der Waals surface area contributed by atoms with Crippen LogP contribution in [0.3, 0.4) is 0 Å². The summed E-state index contributed by atoms with van der Waals surface area (Å²) in [4.78, 5) is 4.09. The summed E-state index contributed by atoms with van der Waals surface area (Å²) < 4.78 is 0. The van der Waals surface area contributed by atoms with Crippen molar-refractivity contribution in [2.45, 2.75) is 18.4 Å². The molecule has 1 aliphatic carbocycles. The first-order chi connectivity index (χ1) is 5.76. The van der Waals surface area contributed by atoms with Crippen molar-refractivity contribution in [3.63, 3.8) is 0 Å². The van der Waals surface area contributed by atoms with E-state index in [1.807, 2.05) is 12.1 Å². The van der Waals surface area contributed by atoms with Crippen LogP contribution in [0.4, 0.5) is 0 Å². The molecule has 0 saturated carbocycles. The van der Waals surface area contributed by atoms with Crippen molar-refractivity contribution < 1.29 is 5.11 Å². The van der Waals surface area contributed by atoms with Gasteiger partial charge in [0.2, 0.25) is 0 Å². The largest absolute Gasteiger partial charge is 0.372 e. The minimum Gasteiger partial charge on any atom is -0.372 e. The quantitative estimate of drug-likeness (QED) is 0.569. The number of nitrogens with zero attached hydrogens (tertiary/aromatic N) is 1. The van der Waals surface area contributed by atoms with Gasteiger partial charge in [0.25, 0.3) is 0 Å². The van der Waals surface area contributed by atoms with E-state index in [0.717, 1.165) is 12.0 Å². The van der Waals surface area contributed by atoms with Crippen LogP contribution in [0.2, 0.25) is 0 Å². The van der Waals surface area contributed by atoms with E-state index in [1.54, 1.807) is 6.20 Å². The third-order valence-corrected chi connectivity index (χ3v) is 2.28. The Hall–Kier alpha value is -1.33. The molecule has 2 nitrogen and oxygen atoms in total. The fourth-order valence-corrected chi connectivity index (χ4v) is 1.59. The molecule has 0 radical (unpaired) electrons. The third kappa shape index (κ3) is 0.838. The number of aliphatic hydroxyl groups is 1. The highest BCUT2D eigenvalue weighted by molar-refractivity contribution is 5.36. The van der Waals surface area contributed by atoms with E-state index in [1.165, 1.54) is 0 Å². The summed E-state index contributed by atoms with van der Waals surface area (Å²) in [5.74, 6) is 2.39. The lowest BCUT2D eigenvalue weighted by Crippen LogP contribution is -2.20. The molecule has 2 rings (SSSR count). The van der Waals surface area contributed by atoms with Gasteiger partial charge >= 0.3 is 0 Å². The molecule has 0 spiro atoms. The lowest BCUT2D eigenvalue weighted by Gasteiger charge is -2.14. The second kappa shape index (κ2) is 2.33. The standard InChI is InChI=1S/C10H9NO/c1-2-10(12)6-5-8-4-3-7-11-9(8)10/h1,3-4,7,12H,5-6H2/t10-/m0/s1. The van der Waals surface area contributed by atoms with Crippen molar-refractivity contribution in [3.8, 4) is 12.3 Å². The van der Waals surface area contributed by atoms with Crippen LogP contribution in [0.1, 0.15) is 17.7 Å². The number of rotatable bonds is 0. The van der Waals surface area contributed by atoms with Crippen LogP contribution in [0.25, 0.3) is 0 Å². The number of hydrogen-bond donors (Lipinski definition) is 1. The van der Waals surface area contributed by atoms with Crippen molar-refractivity contribution in [2.75, 3.05) is 0 Å². The van der Waals surface area contributed by atoms with Gasteiger partial charge in [-0.3, -0.25) is 4.98 Å². The molecular weight excluding hydrogens is 150 g/mol. The average molecular weight is 159 g/mol. The molecular formula is C10H9NO. The van der Waals surface area contributed by atoms with Crippen molar-refractivity contribution >= 4 is 0 Å². The molecule has 0 fully saturated rings. The number of pyridine rings is 1. The number of aryl methyl sites for hydroxylation is 1. The number of fused-ring (bicyclic) bond motifs is 1. The lowest BCUT2D eigenvalue weighted by atomic mass is 10.0. The summed E-state index contributed by atoms with van der Waals surface area (Å²) in [6.45, 7) is 0. The van der Waals surface area contributed by atoms with Gasteiger partial charge in [0.1, 0.15) is 0 Å². The van der Waals surface area contributed by atoms with Crippen LogP contribution in [0.5, 0.6) is 0 Å². The topological polar surface area (TPSA) is 33.1 Å². The monoisotopic (exact) mass is 159 g/mol.